The largest absolute Gasteiger partial charge is 0.344 e. The lowest BCUT2D eigenvalue weighted by Crippen LogP contribution is -2.37. The fourth-order valence-corrected chi connectivity index (χ4v) is 4.31. The maximum absolute atomic E-state index is 11.7. The maximum Gasteiger partial charge on any atom is 0.344 e. The molecule has 0 amide bonds. The molecule has 1 atom stereocenters. The van der Waals surface area contributed by atoms with Crippen LogP contribution >= 0.6 is 11.8 Å². The lowest BCUT2D eigenvalue weighted by Gasteiger charge is -2.29. The predicted molar refractivity (Wildman–Crippen MR) is 83.4 cm³/mol. The number of aromatic nitrogens is 3. The van der Waals surface area contributed by atoms with E-state index in [2.05, 4.69) is 15.5 Å². The average Bonchev–Trinajstić information content (AvgIpc) is 2.82. The van der Waals surface area contributed by atoms with Crippen LogP contribution in [-0.4, -0.2) is 33.6 Å². The number of thioether (sulfide) groups is 1. The van der Waals surface area contributed by atoms with Crippen LogP contribution in [0.5, 0.6) is 0 Å². The molecule has 0 spiro atoms. The molecule has 0 aliphatic heterocycles. The summed E-state index contributed by atoms with van der Waals surface area (Å²) in [5.41, 5.74) is -0.110. The zero-order valence-corrected chi connectivity index (χ0v) is 13.5. The third kappa shape index (κ3) is 3.67. The van der Waals surface area contributed by atoms with Crippen molar-refractivity contribution in [3.8, 4) is 0 Å². The number of hydrogen-bond donors (Lipinski definition) is 2. The summed E-state index contributed by atoms with van der Waals surface area (Å²) < 4.78 is 1.73. The van der Waals surface area contributed by atoms with Gasteiger partial charge in [0, 0.05) is 17.8 Å². The second-order valence-corrected chi connectivity index (χ2v) is 6.87. The van der Waals surface area contributed by atoms with Crippen LogP contribution in [0.1, 0.15) is 52.0 Å². The lowest BCUT2D eigenvalue weighted by atomic mass is 9.84. The van der Waals surface area contributed by atoms with E-state index < -0.39 is 0 Å². The number of rotatable bonds is 6. The normalized spacial score (nSPS) is 18.6. The van der Waals surface area contributed by atoms with Crippen molar-refractivity contribution in [2.24, 2.45) is 5.92 Å². The molecule has 0 saturated heterocycles. The van der Waals surface area contributed by atoms with Crippen LogP contribution in [0.3, 0.4) is 0 Å². The zero-order chi connectivity index (χ0) is 14.5. The van der Waals surface area contributed by atoms with Gasteiger partial charge in [-0.25, -0.2) is 9.89 Å². The third-order valence-electron chi connectivity index (χ3n) is 4.17. The first-order valence-corrected chi connectivity index (χ1v) is 8.59. The number of aromatic amines is 1. The number of hydrogen-bond acceptors (Lipinski definition) is 4. The first-order chi connectivity index (χ1) is 9.63. The Bertz CT molecular complexity index is 462. The van der Waals surface area contributed by atoms with E-state index in [1.165, 1.54) is 32.1 Å². The van der Waals surface area contributed by atoms with Crippen molar-refractivity contribution >= 4 is 11.8 Å². The monoisotopic (exact) mass is 298 g/mol. The number of nitrogens with zero attached hydrogens (tertiary/aromatic N) is 2. The molecule has 0 radical (unpaired) electrons. The van der Waals surface area contributed by atoms with Gasteiger partial charge in [-0.3, -0.25) is 4.57 Å². The van der Waals surface area contributed by atoms with Crippen LogP contribution in [0.25, 0.3) is 0 Å². The maximum atomic E-state index is 11.7. The van der Waals surface area contributed by atoms with Gasteiger partial charge in [0.05, 0.1) is 0 Å². The van der Waals surface area contributed by atoms with Gasteiger partial charge in [-0.2, -0.15) is 0 Å². The van der Waals surface area contributed by atoms with E-state index in [4.69, 9.17) is 0 Å². The summed E-state index contributed by atoms with van der Waals surface area (Å²) in [6.45, 7) is 4.02. The van der Waals surface area contributed by atoms with Crippen LogP contribution in [0.4, 0.5) is 0 Å². The van der Waals surface area contributed by atoms with E-state index in [9.17, 15) is 4.79 Å². The lowest BCUT2D eigenvalue weighted by molar-refractivity contribution is 0.294. The molecule has 2 rings (SSSR count). The van der Waals surface area contributed by atoms with Crippen molar-refractivity contribution in [3.63, 3.8) is 0 Å². The molecular weight excluding hydrogens is 272 g/mol. The van der Waals surface area contributed by atoms with Gasteiger partial charge in [0.25, 0.3) is 0 Å². The van der Waals surface area contributed by atoms with Crippen LogP contribution < -0.4 is 11.0 Å². The summed E-state index contributed by atoms with van der Waals surface area (Å²) in [4.78, 5) is 11.7. The molecule has 1 unspecified atom stereocenters. The minimum atomic E-state index is -0.110. The van der Waals surface area contributed by atoms with Crippen molar-refractivity contribution in [2.45, 2.75) is 63.2 Å². The second-order valence-electron chi connectivity index (χ2n) is 5.88. The highest BCUT2D eigenvalue weighted by molar-refractivity contribution is 7.99. The first-order valence-electron chi connectivity index (χ1n) is 7.60. The summed E-state index contributed by atoms with van der Waals surface area (Å²) in [5.74, 6) is 1.73. The van der Waals surface area contributed by atoms with Gasteiger partial charge < -0.3 is 5.32 Å². The molecule has 114 valence electrons. The molecule has 1 aliphatic rings. The topological polar surface area (TPSA) is 62.7 Å². The fourth-order valence-electron chi connectivity index (χ4n) is 3.00. The van der Waals surface area contributed by atoms with Gasteiger partial charge in [-0.1, -0.05) is 31.0 Å². The average molecular weight is 298 g/mol. The molecule has 2 N–H and O–H groups in total. The van der Waals surface area contributed by atoms with E-state index >= 15 is 0 Å². The van der Waals surface area contributed by atoms with Crippen LogP contribution in [-0.2, 0) is 0 Å². The molecule has 1 saturated carbocycles. The summed E-state index contributed by atoms with van der Waals surface area (Å²) in [6.07, 6.45) is 6.73. The van der Waals surface area contributed by atoms with E-state index in [0.29, 0.717) is 6.04 Å². The Kier molecular flexibility index (Phi) is 5.72. The summed E-state index contributed by atoms with van der Waals surface area (Å²) in [5, 5.41) is 11.0. The number of nitrogens with one attached hydrogen (secondary N) is 2. The zero-order valence-electron chi connectivity index (χ0n) is 12.7. The minimum absolute atomic E-state index is 0.110. The Hall–Kier alpha value is -0.750. The molecule has 6 heteroatoms. The minimum Gasteiger partial charge on any atom is -0.316 e. The number of H-pyrrole nitrogens is 1. The second kappa shape index (κ2) is 7.31. The van der Waals surface area contributed by atoms with Crippen molar-refractivity contribution in [1.29, 1.82) is 0 Å². The van der Waals surface area contributed by atoms with Crippen LogP contribution in [0.15, 0.2) is 9.95 Å². The van der Waals surface area contributed by atoms with Gasteiger partial charge in [-0.05, 0) is 39.7 Å². The SMILES string of the molecule is CNC(CSc1n[nH]c(=O)n1C(C)C)C1CCCCC1. The van der Waals surface area contributed by atoms with Gasteiger partial charge in [0.2, 0.25) is 0 Å². The van der Waals surface area contributed by atoms with Gasteiger partial charge in [0.15, 0.2) is 5.16 Å². The summed E-state index contributed by atoms with van der Waals surface area (Å²) in [6, 6.07) is 0.652. The highest BCUT2D eigenvalue weighted by atomic mass is 32.2. The van der Waals surface area contributed by atoms with Crippen molar-refractivity contribution in [2.75, 3.05) is 12.8 Å². The van der Waals surface area contributed by atoms with Crippen LogP contribution in [0.2, 0.25) is 0 Å². The Morgan fingerprint density at radius 3 is 2.70 bits per heavy atom. The molecule has 1 fully saturated rings. The quantitative estimate of drug-likeness (QED) is 0.792. The van der Waals surface area contributed by atoms with Crippen molar-refractivity contribution in [1.82, 2.24) is 20.1 Å². The van der Waals surface area contributed by atoms with Crippen molar-refractivity contribution in [3.05, 3.63) is 10.5 Å². The van der Waals surface area contributed by atoms with Gasteiger partial charge >= 0.3 is 5.69 Å². The van der Waals surface area contributed by atoms with E-state index in [-0.39, 0.29) is 11.7 Å². The Labute approximate surface area is 124 Å². The Morgan fingerprint density at radius 1 is 1.40 bits per heavy atom. The van der Waals surface area contributed by atoms with E-state index in [1.807, 2.05) is 20.9 Å². The van der Waals surface area contributed by atoms with Crippen LogP contribution in [0, 0.1) is 5.92 Å². The molecule has 5 nitrogen and oxygen atoms in total. The summed E-state index contributed by atoms with van der Waals surface area (Å²) in [7, 11) is 2.04. The highest BCUT2D eigenvalue weighted by Gasteiger charge is 2.23. The standard InChI is InChI=1S/C14H26N4OS/c1-10(2)18-13(19)16-17-14(18)20-9-12(15-3)11-7-5-4-6-8-11/h10-12,15H,4-9H2,1-3H3,(H,16,19). The molecular formula is C14H26N4OS. The highest BCUT2D eigenvalue weighted by Crippen LogP contribution is 2.29. The molecule has 1 aliphatic carbocycles. The Balaban J connectivity index is 1.97. The molecule has 1 aromatic heterocycles. The fraction of sp³-hybridized carbons (Fsp3) is 0.857. The molecule has 0 aromatic carbocycles. The molecule has 20 heavy (non-hydrogen) atoms. The van der Waals surface area contributed by atoms with Gasteiger partial charge in [0.1, 0.15) is 0 Å². The van der Waals surface area contributed by atoms with Gasteiger partial charge in [-0.15, -0.1) is 5.10 Å². The smallest absolute Gasteiger partial charge is 0.316 e. The Morgan fingerprint density at radius 2 is 2.10 bits per heavy atom. The molecule has 1 heterocycles. The van der Waals surface area contributed by atoms with E-state index in [0.717, 1.165) is 16.8 Å². The molecule has 1 aromatic rings. The van der Waals surface area contributed by atoms with Crippen molar-refractivity contribution < 1.29 is 0 Å². The predicted octanol–water partition coefficient (Wildman–Crippen LogP) is 2.41. The molecule has 0 bridgehead atoms. The summed E-state index contributed by atoms with van der Waals surface area (Å²) >= 11 is 1.68. The third-order valence-corrected chi connectivity index (χ3v) is 5.24. The first kappa shape index (κ1) is 15.6. The van der Waals surface area contributed by atoms with E-state index in [1.54, 1.807) is 16.3 Å².